The zero-order valence-electron chi connectivity index (χ0n) is 17.8. The molecule has 3 rings (SSSR count). The van der Waals surface area contributed by atoms with Gasteiger partial charge in [0.2, 0.25) is 0 Å². The SMILES string of the molecule is CCCCCCCCCCCCCc1n[nH]c(=S)n1-c1ccc2ccccc2c1. The third kappa shape index (κ3) is 6.53. The van der Waals surface area contributed by atoms with Crippen molar-refractivity contribution in [3.05, 3.63) is 53.1 Å². The molecule has 3 nitrogen and oxygen atoms in total. The van der Waals surface area contributed by atoms with Crippen LogP contribution in [0.2, 0.25) is 0 Å². The fourth-order valence-electron chi connectivity index (χ4n) is 4.03. The molecule has 0 aliphatic carbocycles. The maximum Gasteiger partial charge on any atom is 0.199 e. The lowest BCUT2D eigenvalue weighted by molar-refractivity contribution is 0.547. The van der Waals surface area contributed by atoms with Crippen molar-refractivity contribution in [2.45, 2.75) is 84.0 Å². The van der Waals surface area contributed by atoms with E-state index in [0.717, 1.165) is 17.9 Å². The molecule has 3 aromatic rings. The van der Waals surface area contributed by atoms with Crippen LogP contribution in [0.5, 0.6) is 0 Å². The zero-order valence-corrected chi connectivity index (χ0v) is 18.6. The van der Waals surface area contributed by atoms with E-state index in [-0.39, 0.29) is 0 Å². The smallest absolute Gasteiger partial charge is 0.199 e. The van der Waals surface area contributed by atoms with E-state index >= 15 is 0 Å². The summed E-state index contributed by atoms with van der Waals surface area (Å²) < 4.78 is 2.77. The minimum Gasteiger partial charge on any atom is -0.272 e. The number of aromatic amines is 1. The van der Waals surface area contributed by atoms with E-state index < -0.39 is 0 Å². The van der Waals surface area contributed by atoms with Crippen LogP contribution in [0.3, 0.4) is 0 Å². The van der Waals surface area contributed by atoms with Crippen LogP contribution in [0.15, 0.2) is 42.5 Å². The largest absolute Gasteiger partial charge is 0.272 e. The molecule has 2 aromatic carbocycles. The van der Waals surface area contributed by atoms with Gasteiger partial charge in [0.1, 0.15) is 5.82 Å². The lowest BCUT2D eigenvalue weighted by Crippen LogP contribution is -2.02. The summed E-state index contributed by atoms with van der Waals surface area (Å²) in [4.78, 5) is 0. The van der Waals surface area contributed by atoms with Gasteiger partial charge < -0.3 is 0 Å². The van der Waals surface area contributed by atoms with E-state index in [9.17, 15) is 0 Å². The summed E-state index contributed by atoms with van der Waals surface area (Å²) in [5, 5.41) is 9.97. The number of H-pyrrole nitrogens is 1. The van der Waals surface area contributed by atoms with Crippen LogP contribution < -0.4 is 0 Å². The van der Waals surface area contributed by atoms with E-state index in [1.165, 1.54) is 81.4 Å². The Balaban J connectivity index is 1.44. The Bertz CT molecular complexity index is 925. The third-order valence-electron chi connectivity index (χ3n) is 5.74. The summed E-state index contributed by atoms with van der Waals surface area (Å²) in [5.74, 6) is 1.04. The van der Waals surface area contributed by atoms with Crippen molar-refractivity contribution in [3.63, 3.8) is 0 Å². The van der Waals surface area contributed by atoms with E-state index in [2.05, 4.69) is 64.2 Å². The molecular weight excluding hydrogens is 374 g/mol. The van der Waals surface area contributed by atoms with Gasteiger partial charge in [-0.25, -0.2) is 0 Å². The van der Waals surface area contributed by atoms with Gasteiger partial charge in [-0.05, 0) is 41.5 Å². The molecule has 0 radical (unpaired) electrons. The number of nitrogens with one attached hydrogen (secondary N) is 1. The molecule has 4 heteroatoms. The fraction of sp³-hybridized carbons (Fsp3) is 0.520. The van der Waals surface area contributed by atoms with Crippen molar-refractivity contribution in [3.8, 4) is 5.69 Å². The predicted octanol–water partition coefficient (Wildman–Crippen LogP) is 7.94. The van der Waals surface area contributed by atoms with Crippen LogP contribution in [-0.2, 0) is 6.42 Å². The average molecular weight is 410 g/mol. The van der Waals surface area contributed by atoms with E-state index in [1.54, 1.807) is 0 Å². The number of aromatic nitrogens is 3. The first kappa shape index (κ1) is 21.8. The molecule has 29 heavy (non-hydrogen) atoms. The fourth-order valence-corrected chi connectivity index (χ4v) is 4.28. The maximum atomic E-state index is 5.51. The van der Waals surface area contributed by atoms with Crippen molar-refractivity contribution < 1.29 is 0 Å². The molecule has 156 valence electrons. The van der Waals surface area contributed by atoms with Crippen molar-refractivity contribution in [2.75, 3.05) is 0 Å². The summed E-state index contributed by atoms with van der Waals surface area (Å²) in [6.45, 7) is 2.28. The van der Waals surface area contributed by atoms with Gasteiger partial charge in [-0.3, -0.25) is 9.67 Å². The van der Waals surface area contributed by atoms with Crippen molar-refractivity contribution >= 4 is 23.0 Å². The first-order valence-electron chi connectivity index (χ1n) is 11.4. The Morgan fingerprint density at radius 1 is 0.793 bits per heavy atom. The molecular formula is C25H35N3S. The number of hydrogen-bond donors (Lipinski definition) is 1. The highest BCUT2D eigenvalue weighted by Gasteiger charge is 2.09. The average Bonchev–Trinajstić information content (AvgIpc) is 3.12. The molecule has 0 aliphatic rings. The number of unbranched alkanes of at least 4 members (excludes halogenated alkanes) is 10. The predicted molar refractivity (Wildman–Crippen MR) is 126 cm³/mol. The molecule has 0 saturated heterocycles. The van der Waals surface area contributed by atoms with Gasteiger partial charge in [0.05, 0.1) is 5.69 Å². The molecule has 0 spiro atoms. The summed E-state index contributed by atoms with van der Waals surface area (Å²) in [6.07, 6.45) is 15.9. The molecule has 0 atom stereocenters. The number of rotatable bonds is 13. The summed E-state index contributed by atoms with van der Waals surface area (Å²) >= 11 is 5.51. The Morgan fingerprint density at radius 2 is 1.41 bits per heavy atom. The second-order valence-corrected chi connectivity index (χ2v) is 8.48. The summed E-state index contributed by atoms with van der Waals surface area (Å²) in [5.41, 5.74) is 1.10. The van der Waals surface area contributed by atoms with E-state index in [4.69, 9.17) is 12.2 Å². The summed E-state index contributed by atoms with van der Waals surface area (Å²) in [6, 6.07) is 14.9. The molecule has 0 saturated carbocycles. The highest BCUT2D eigenvalue weighted by Crippen LogP contribution is 2.20. The number of hydrogen-bond acceptors (Lipinski definition) is 2. The Labute approximate surface area is 180 Å². The second kappa shape index (κ2) is 11.9. The monoisotopic (exact) mass is 409 g/mol. The lowest BCUT2D eigenvalue weighted by atomic mass is 10.1. The number of benzene rings is 2. The highest BCUT2D eigenvalue weighted by atomic mass is 32.1. The first-order chi connectivity index (χ1) is 14.3. The van der Waals surface area contributed by atoms with Crippen molar-refractivity contribution in [1.29, 1.82) is 0 Å². The second-order valence-electron chi connectivity index (χ2n) is 8.10. The van der Waals surface area contributed by atoms with Crippen LogP contribution in [0, 0.1) is 4.77 Å². The van der Waals surface area contributed by atoms with Crippen molar-refractivity contribution in [2.24, 2.45) is 0 Å². The summed E-state index contributed by atoms with van der Waals surface area (Å²) in [7, 11) is 0. The van der Waals surface area contributed by atoms with Crippen LogP contribution in [-0.4, -0.2) is 14.8 Å². The molecule has 0 amide bonds. The lowest BCUT2D eigenvalue weighted by Gasteiger charge is -2.08. The normalized spacial score (nSPS) is 11.3. The number of nitrogens with zero attached hydrogens (tertiary/aromatic N) is 2. The Kier molecular flexibility index (Phi) is 8.94. The quantitative estimate of drug-likeness (QED) is 0.230. The molecule has 0 bridgehead atoms. The minimum absolute atomic E-state index is 0.679. The molecule has 0 aliphatic heterocycles. The van der Waals surface area contributed by atoms with Gasteiger partial charge in [-0.1, -0.05) is 101 Å². The Hall–Kier alpha value is -1.94. The van der Waals surface area contributed by atoms with Gasteiger partial charge in [0, 0.05) is 6.42 Å². The van der Waals surface area contributed by atoms with Crippen LogP contribution >= 0.6 is 12.2 Å². The number of fused-ring (bicyclic) bond motifs is 1. The molecule has 1 N–H and O–H groups in total. The van der Waals surface area contributed by atoms with Gasteiger partial charge in [-0.2, -0.15) is 5.10 Å². The van der Waals surface area contributed by atoms with E-state index in [1.807, 2.05) is 0 Å². The molecule has 0 unspecified atom stereocenters. The minimum atomic E-state index is 0.679. The zero-order chi connectivity index (χ0) is 20.3. The topological polar surface area (TPSA) is 33.6 Å². The molecule has 0 fully saturated rings. The van der Waals surface area contributed by atoms with Crippen LogP contribution in [0.1, 0.15) is 83.4 Å². The highest BCUT2D eigenvalue weighted by molar-refractivity contribution is 7.71. The van der Waals surface area contributed by atoms with Gasteiger partial charge in [-0.15, -0.1) is 0 Å². The standard InChI is InChI=1S/C25H35N3S/c1-2-3-4-5-6-7-8-9-10-11-12-17-24-26-27-25(29)28(24)23-19-18-21-15-13-14-16-22(21)20-23/h13-16,18-20H,2-12,17H2,1H3,(H,27,29). The molecule has 1 aromatic heterocycles. The maximum absolute atomic E-state index is 5.51. The van der Waals surface area contributed by atoms with Crippen LogP contribution in [0.4, 0.5) is 0 Å². The number of aryl methyl sites for hydroxylation is 1. The van der Waals surface area contributed by atoms with Crippen LogP contribution in [0.25, 0.3) is 16.5 Å². The third-order valence-corrected chi connectivity index (χ3v) is 6.01. The van der Waals surface area contributed by atoms with Gasteiger partial charge in [0.15, 0.2) is 4.77 Å². The van der Waals surface area contributed by atoms with E-state index in [0.29, 0.717) is 4.77 Å². The van der Waals surface area contributed by atoms with Crippen molar-refractivity contribution in [1.82, 2.24) is 14.8 Å². The first-order valence-corrected chi connectivity index (χ1v) is 11.9. The Morgan fingerprint density at radius 3 is 2.10 bits per heavy atom. The molecule has 1 heterocycles. The van der Waals surface area contributed by atoms with Gasteiger partial charge in [0.25, 0.3) is 0 Å². The van der Waals surface area contributed by atoms with Gasteiger partial charge >= 0.3 is 0 Å².